The number of ether oxygens (including phenoxy) is 2. The number of para-hydroxylation sites is 2. The van der Waals surface area contributed by atoms with Crippen LogP contribution in [-0.2, 0) is 4.79 Å². The molecular formula is C22H36N4O3. The summed E-state index contributed by atoms with van der Waals surface area (Å²) < 4.78 is 11.2. The third kappa shape index (κ3) is 8.62. The van der Waals surface area contributed by atoms with Crippen molar-refractivity contribution in [3.8, 4) is 11.5 Å². The molecule has 1 aromatic rings. The maximum Gasteiger partial charge on any atom is 0.220 e. The third-order valence-electron chi connectivity index (χ3n) is 5.12. The van der Waals surface area contributed by atoms with Crippen molar-refractivity contribution in [2.45, 2.75) is 51.6 Å². The van der Waals surface area contributed by atoms with E-state index < -0.39 is 0 Å². The molecule has 29 heavy (non-hydrogen) atoms. The summed E-state index contributed by atoms with van der Waals surface area (Å²) in [6.45, 7) is 3.78. The monoisotopic (exact) mass is 404 g/mol. The molecule has 0 aromatic heterocycles. The van der Waals surface area contributed by atoms with Gasteiger partial charge in [-0.2, -0.15) is 0 Å². The van der Waals surface area contributed by atoms with Gasteiger partial charge >= 0.3 is 0 Å². The summed E-state index contributed by atoms with van der Waals surface area (Å²) in [7, 11) is 3.35. The molecule has 7 heteroatoms. The van der Waals surface area contributed by atoms with E-state index in [0.29, 0.717) is 49.4 Å². The standard InChI is InChI=1S/C22H36N4O3/c1-17(29-20-12-8-7-11-19(20)28-3)16-26-22(23-2)25-14-13-24-21(27)15-18-9-5-4-6-10-18/h7-8,11-12,17-18H,4-6,9-10,13-16H2,1-3H3,(H,24,27)(H2,23,25,26). The molecule has 0 bridgehead atoms. The average Bonchev–Trinajstić information content (AvgIpc) is 2.74. The molecule has 7 nitrogen and oxygen atoms in total. The first-order valence-electron chi connectivity index (χ1n) is 10.6. The van der Waals surface area contributed by atoms with Gasteiger partial charge in [0, 0.05) is 26.6 Å². The van der Waals surface area contributed by atoms with Gasteiger partial charge in [0.15, 0.2) is 17.5 Å². The van der Waals surface area contributed by atoms with E-state index in [2.05, 4.69) is 20.9 Å². The molecule has 0 saturated heterocycles. The van der Waals surface area contributed by atoms with Crippen LogP contribution in [0.2, 0.25) is 0 Å². The predicted molar refractivity (Wildman–Crippen MR) is 117 cm³/mol. The van der Waals surface area contributed by atoms with E-state index in [0.717, 1.165) is 0 Å². The molecule has 0 heterocycles. The molecule has 1 aliphatic rings. The number of nitrogens with one attached hydrogen (secondary N) is 3. The number of carbonyl (C=O) groups is 1. The van der Waals surface area contributed by atoms with Gasteiger partial charge in [0.1, 0.15) is 6.10 Å². The second-order valence-electron chi connectivity index (χ2n) is 7.52. The topological polar surface area (TPSA) is 84.0 Å². The fraction of sp³-hybridized carbons (Fsp3) is 0.636. The van der Waals surface area contributed by atoms with Crippen LogP contribution in [0.25, 0.3) is 0 Å². The van der Waals surface area contributed by atoms with Gasteiger partial charge in [-0.3, -0.25) is 9.79 Å². The van der Waals surface area contributed by atoms with E-state index in [1.54, 1.807) is 14.2 Å². The lowest BCUT2D eigenvalue weighted by Gasteiger charge is -2.21. The fourth-order valence-electron chi connectivity index (χ4n) is 3.54. The number of methoxy groups -OCH3 is 1. The Bertz CT molecular complexity index is 645. The molecule has 0 spiro atoms. The molecule has 1 aromatic carbocycles. The van der Waals surface area contributed by atoms with Crippen LogP contribution in [0, 0.1) is 5.92 Å². The van der Waals surface area contributed by atoms with Crippen molar-refractivity contribution in [3.63, 3.8) is 0 Å². The summed E-state index contributed by atoms with van der Waals surface area (Å²) in [6, 6.07) is 7.59. The van der Waals surface area contributed by atoms with Crippen molar-refractivity contribution in [3.05, 3.63) is 24.3 Å². The Hall–Kier alpha value is -2.44. The Morgan fingerprint density at radius 2 is 1.79 bits per heavy atom. The molecule has 1 aliphatic carbocycles. The zero-order valence-corrected chi connectivity index (χ0v) is 18.0. The smallest absolute Gasteiger partial charge is 0.220 e. The number of aliphatic imine (C=N–C) groups is 1. The van der Waals surface area contributed by atoms with E-state index in [9.17, 15) is 4.79 Å². The highest BCUT2D eigenvalue weighted by molar-refractivity contribution is 5.80. The molecular weight excluding hydrogens is 368 g/mol. The van der Waals surface area contributed by atoms with Crippen LogP contribution in [0.5, 0.6) is 11.5 Å². The predicted octanol–water partition coefficient (Wildman–Crippen LogP) is 2.71. The van der Waals surface area contributed by atoms with Crippen molar-refractivity contribution in [2.75, 3.05) is 33.8 Å². The molecule has 1 amide bonds. The minimum absolute atomic E-state index is 0.0694. The van der Waals surface area contributed by atoms with E-state index in [1.807, 2.05) is 31.2 Å². The molecule has 1 atom stereocenters. The van der Waals surface area contributed by atoms with Crippen molar-refractivity contribution in [1.29, 1.82) is 0 Å². The lowest BCUT2D eigenvalue weighted by molar-refractivity contribution is -0.122. The first kappa shape index (κ1) is 22.8. The van der Waals surface area contributed by atoms with Crippen LogP contribution in [0.3, 0.4) is 0 Å². The summed E-state index contributed by atoms with van der Waals surface area (Å²) in [4.78, 5) is 16.3. The third-order valence-corrected chi connectivity index (χ3v) is 5.12. The first-order valence-corrected chi connectivity index (χ1v) is 10.6. The summed E-state index contributed by atoms with van der Waals surface area (Å²) in [5, 5.41) is 9.45. The van der Waals surface area contributed by atoms with Gasteiger partial charge in [0.25, 0.3) is 0 Å². The molecule has 0 aliphatic heterocycles. The van der Waals surface area contributed by atoms with Gasteiger partial charge < -0.3 is 25.4 Å². The lowest BCUT2D eigenvalue weighted by Crippen LogP contribution is -2.44. The SMILES string of the molecule is CN=C(NCCNC(=O)CC1CCCCC1)NCC(C)Oc1ccccc1OC. The number of carbonyl (C=O) groups excluding carboxylic acids is 1. The molecule has 162 valence electrons. The van der Waals surface area contributed by atoms with E-state index in [4.69, 9.17) is 9.47 Å². The Balaban J connectivity index is 1.61. The van der Waals surface area contributed by atoms with Crippen molar-refractivity contribution in [1.82, 2.24) is 16.0 Å². The highest BCUT2D eigenvalue weighted by Crippen LogP contribution is 2.27. The summed E-state index contributed by atoms with van der Waals surface area (Å²) in [5.74, 6) is 2.83. The average molecular weight is 405 g/mol. The number of hydrogen-bond donors (Lipinski definition) is 3. The molecule has 1 unspecified atom stereocenters. The zero-order valence-electron chi connectivity index (χ0n) is 18.0. The Morgan fingerprint density at radius 3 is 2.48 bits per heavy atom. The van der Waals surface area contributed by atoms with E-state index in [1.165, 1.54) is 32.1 Å². The van der Waals surface area contributed by atoms with Gasteiger partial charge in [0.2, 0.25) is 5.91 Å². The summed E-state index contributed by atoms with van der Waals surface area (Å²) in [6.07, 6.45) is 6.82. The Morgan fingerprint density at radius 1 is 1.10 bits per heavy atom. The number of rotatable bonds is 10. The zero-order chi connectivity index (χ0) is 20.9. The van der Waals surface area contributed by atoms with Crippen LogP contribution in [0.4, 0.5) is 0 Å². The van der Waals surface area contributed by atoms with Crippen LogP contribution in [0.1, 0.15) is 45.4 Å². The van der Waals surface area contributed by atoms with Crippen LogP contribution in [-0.4, -0.2) is 51.8 Å². The summed E-state index contributed by atoms with van der Waals surface area (Å²) >= 11 is 0. The highest BCUT2D eigenvalue weighted by Gasteiger charge is 2.16. The molecule has 1 saturated carbocycles. The van der Waals surface area contributed by atoms with E-state index >= 15 is 0 Å². The van der Waals surface area contributed by atoms with Crippen LogP contribution < -0.4 is 25.4 Å². The molecule has 0 radical (unpaired) electrons. The number of amides is 1. The van der Waals surface area contributed by atoms with Crippen molar-refractivity contribution < 1.29 is 14.3 Å². The summed E-state index contributed by atoms with van der Waals surface area (Å²) in [5.41, 5.74) is 0. The van der Waals surface area contributed by atoms with Crippen LogP contribution >= 0.6 is 0 Å². The number of hydrogen-bond acceptors (Lipinski definition) is 4. The lowest BCUT2D eigenvalue weighted by atomic mass is 9.87. The van der Waals surface area contributed by atoms with E-state index in [-0.39, 0.29) is 12.0 Å². The number of benzene rings is 1. The number of guanidine groups is 1. The quantitative estimate of drug-likeness (QED) is 0.317. The van der Waals surface area contributed by atoms with Gasteiger partial charge in [-0.05, 0) is 37.8 Å². The maximum absolute atomic E-state index is 12.1. The van der Waals surface area contributed by atoms with Gasteiger partial charge in [-0.25, -0.2) is 0 Å². The fourth-order valence-corrected chi connectivity index (χ4v) is 3.54. The second kappa shape index (κ2) is 12.9. The maximum atomic E-state index is 12.1. The second-order valence-corrected chi connectivity index (χ2v) is 7.52. The van der Waals surface area contributed by atoms with Crippen LogP contribution in [0.15, 0.2) is 29.3 Å². The van der Waals surface area contributed by atoms with Gasteiger partial charge in [0.05, 0.1) is 13.7 Å². The minimum atomic E-state index is -0.0694. The Kier molecular flexibility index (Phi) is 10.2. The normalized spacial score (nSPS) is 16.0. The largest absolute Gasteiger partial charge is 0.493 e. The molecule has 2 rings (SSSR count). The molecule has 3 N–H and O–H groups in total. The highest BCUT2D eigenvalue weighted by atomic mass is 16.5. The minimum Gasteiger partial charge on any atom is -0.493 e. The number of nitrogens with zero attached hydrogens (tertiary/aromatic N) is 1. The first-order chi connectivity index (χ1) is 14.1. The van der Waals surface area contributed by atoms with Gasteiger partial charge in [-0.1, -0.05) is 31.4 Å². The van der Waals surface area contributed by atoms with Crippen molar-refractivity contribution >= 4 is 11.9 Å². The molecule has 1 fully saturated rings. The Labute approximate surface area is 174 Å². The van der Waals surface area contributed by atoms with Crippen molar-refractivity contribution in [2.24, 2.45) is 10.9 Å². The van der Waals surface area contributed by atoms with Gasteiger partial charge in [-0.15, -0.1) is 0 Å².